The van der Waals surface area contributed by atoms with E-state index in [2.05, 4.69) is 6.92 Å². The lowest BCUT2D eigenvalue weighted by molar-refractivity contribution is -0.131. The quantitative estimate of drug-likeness (QED) is 0.650. The summed E-state index contributed by atoms with van der Waals surface area (Å²) < 4.78 is 0. The summed E-state index contributed by atoms with van der Waals surface area (Å²) in [7, 11) is 0. The van der Waals surface area contributed by atoms with Crippen molar-refractivity contribution in [3.05, 3.63) is 0 Å². The number of Topliss-reactive ketones (excluding diaryl/α,β-unsaturated/α-hetero) is 1. The summed E-state index contributed by atoms with van der Waals surface area (Å²) >= 11 is 0. The van der Waals surface area contributed by atoms with E-state index in [-0.39, 0.29) is 18.1 Å². The maximum absolute atomic E-state index is 11.7. The van der Waals surface area contributed by atoms with Crippen LogP contribution >= 0.6 is 0 Å². The van der Waals surface area contributed by atoms with E-state index in [0.29, 0.717) is 18.5 Å². The third-order valence-corrected chi connectivity index (χ3v) is 3.81. The fourth-order valence-electron chi connectivity index (χ4n) is 2.98. The Hall–Kier alpha value is -0.860. The molecule has 2 rings (SSSR count). The molecule has 2 aliphatic rings. The lowest BCUT2D eigenvalue weighted by atomic mass is 9.82. The van der Waals surface area contributed by atoms with Crippen molar-refractivity contribution in [3.63, 3.8) is 0 Å². The van der Waals surface area contributed by atoms with Crippen LogP contribution in [0, 0.1) is 5.92 Å². The first kappa shape index (κ1) is 10.7. The number of rotatable bonds is 2. The summed E-state index contributed by atoms with van der Waals surface area (Å²) in [6, 6.07) is 0.350. The molecule has 1 aliphatic heterocycles. The molecule has 2 atom stereocenters. The second kappa shape index (κ2) is 4.33. The monoisotopic (exact) mass is 209 g/mol. The van der Waals surface area contributed by atoms with E-state index in [1.54, 1.807) is 0 Å². The van der Waals surface area contributed by atoms with Gasteiger partial charge in [-0.15, -0.1) is 0 Å². The van der Waals surface area contributed by atoms with Gasteiger partial charge in [0.2, 0.25) is 5.91 Å². The molecule has 0 N–H and O–H groups in total. The first-order valence-corrected chi connectivity index (χ1v) is 6.03. The number of nitrogens with zero attached hydrogens (tertiary/aromatic N) is 1. The van der Waals surface area contributed by atoms with Crippen LogP contribution in [0.5, 0.6) is 0 Å². The number of likely N-dealkylation sites (tertiary alicyclic amines) is 1. The predicted octanol–water partition coefficient (Wildman–Crippen LogP) is 1.76. The highest BCUT2D eigenvalue weighted by Crippen LogP contribution is 2.32. The number of amides is 1. The molecular formula is C12H19NO2. The van der Waals surface area contributed by atoms with E-state index in [1.165, 1.54) is 19.3 Å². The summed E-state index contributed by atoms with van der Waals surface area (Å²) in [6.07, 6.45) is 6.08. The van der Waals surface area contributed by atoms with Gasteiger partial charge < -0.3 is 4.90 Å². The van der Waals surface area contributed by atoms with Gasteiger partial charge in [-0.05, 0) is 18.8 Å². The average Bonchev–Trinajstić information content (AvgIpc) is 2.57. The van der Waals surface area contributed by atoms with Gasteiger partial charge in [-0.3, -0.25) is 9.59 Å². The third kappa shape index (κ3) is 2.06. The minimum atomic E-state index is 0.0605. The molecule has 3 heteroatoms. The zero-order chi connectivity index (χ0) is 10.8. The molecule has 0 spiro atoms. The first-order valence-electron chi connectivity index (χ1n) is 6.03. The SMILES string of the molecule is CCC1CCCCC1N1CC(=O)CC1=O. The Morgan fingerprint density at radius 1 is 1.27 bits per heavy atom. The van der Waals surface area contributed by atoms with Gasteiger partial charge in [0.25, 0.3) is 0 Å². The van der Waals surface area contributed by atoms with Crippen molar-refractivity contribution in [2.75, 3.05) is 6.54 Å². The van der Waals surface area contributed by atoms with Gasteiger partial charge in [0.05, 0.1) is 13.0 Å². The Bertz CT molecular complexity index is 275. The molecule has 15 heavy (non-hydrogen) atoms. The fourth-order valence-corrected chi connectivity index (χ4v) is 2.98. The highest BCUT2D eigenvalue weighted by atomic mass is 16.2. The largest absolute Gasteiger partial charge is 0.332 e. The summed E-state index contributed by atoms with van der Waals surface area (Å²) in [5, 5.41) is 0. The van der Waals surface area contributed by atoms with Crippen molar-refractivity contribution in [2.24, 2.45) is 5.92 Å². The Labute approximate surface area is 90.8 Å². The molecule has 2 fully saturated rings. The van der Waals surface area contributed by atoms with Crippen LogP contribution in [0.3, 0.4) is 0 Å². The standard InChI is InChI=1S/C12H19NO2/c1-2-9-5-3-4-6-11(9)13-8-10(14)7-12(13)15/h9,11H,2-8H2,1H3. The van der Waals surface area contributed by atoms with Gasteiger partial charge >= 0.3 is 0 Å². The van der Waals surface area contributed by atoms with Gasteiger partial charge in [0.1, 0.15) is 0 Å². The van der Waals surface area contributed by atoms with Gasteiger partial charge in [-0.25, -0.2) is 0 Å². The van der Waals surface area contributed by atoms with Crippen molar-refractivity contribution < 1.29 is 9.59 Å². The average molecular weight is 209 g/mol. The molecule has 1 aliphatic carbocycles. The van der Waals surface area contributed by atoms with Gasteiger partial charge in [-0.2, -0.15) is 0 Å². The number of ketones is 1. The highest BCUT2D eigenvalue weighted by Gasteiger charge is 2.37. The molecule has 1 amide bonds. The molecule has 0 aromatic heterocycles. The van der Waals surface area contributed by atoms with Crippen LogP contribution < -0.4 is 0 Å². The van der Waals surface area contributed by atoms with Crippen LogP contribution in [0.2, 0.25) is 0 Å². The summed E-state index contributed by atoms with van der Waals surface area (Å²) in [4.78, 5) is 24.7. The van der Waals surface area contributed by atoms with E-state index >= 15 is 0 Å². The minimum absolute atomic E-state index is 0.0605. The smallest absolute Gasteiger partial charge is 0.230 e. The molecule has 0 aromatic carbocycles. The van der Waals surface area contributed by atoms with E-state index in [1.807, 2.05) is 4.90 Å². The van der Waals surface area contributed by atoms with Gasteiger partial charge in [0.15, 0.2) is 5.78 Å². The third-order valence-electron chi connectivity index (χ3n) is 3.81. The van der Waals surface area contributed by atoms with Crippen LogP contribution in [0.4, 0.5) is 0 Å². The molecule has 1 saturated heterocycles. The molecule has 0 bridgehead atoms. The van der Waals surface area contributed by atoms with E-state index in [0.717, 1.165) is 12.8 Å². The predicted molar refractivity (Wildman–Crippen MR) is 57.4 cm³/mol. The summed E-state index contributed by atoms with van der Waals surface area (Å²) in [5.74, 6) is 0.777. The van der Waals surface area contributed by atoms with Crippen molar-refractivity contribution in [2.45, 2.75) is 51.5 Å². The van der Waals surface area contributed by atoms with Crippen molar-refractivity contribution in [3.8, 4) is 0 Å². The summed E-state index contributed by atoms with van der Waals surface area (Å²) in [6.45, 7) is 2.56. The van der Waals surface area contributed by atoms with Crippen molar-refractivity contribution in [1.29, 1.82) is 0 Å². The second-order valence-electron chi connectivity index (χ2n) is 4.76. The molecule has 0 aromatic rings. The Morgan fingerprint density at radius 3 is 2.60 bits per heavy atom. The minimum Gasteiger partial charge on any atom is -0.332 e. The van der Waals surface area contributed by atoms with Crippen LogP contribution in [-0.4, -0.2) is 29.2 Å². The Kier molecular flexibility index (Phi) is 3.08. The van der Waals surface area contributed by atoms with Crippen molar-refractivity contribution in [1.82, 2.24) is 4.90 Å². The molecule has 3 nitrogen and oxygen atoms in total. The summed E-state index contributed by atoms with van der Waals surface area (Å²) in [5.41, 5.74) is 0. The first-order chi connectivity index (χ1) is 7.22. The van der Waals surface area contributed by atoms with Crippen LogP contribution in [0.1, 0.15) is 45.4 Å². The number of carbonyl (C=O) groups is 2. The zero-order valence-electron chi connectivity index (χ0n) is 9.37. The number of hydrogen-bond donors (Lipinski definition) is 0. The van der Waals surface area contributed by atoms with Gasteiger partial charge in [-0.1, -0.05) is 26.2 Å². The Morgan fingerprint density at radius 2 is 2.00 bits per heavy atom. The molecule has 1 heterocycles. The number of hydrogen-bond acceptors (Lipinski definition) is 2. The molecule has 2 unspecified atom stereocenters. The van der Waals surface area contributed by atoms with Crippen LogP contribution in [0.25, 0.3) is 0 Å². The van der Waals surface area contributed by atoms with E-state index in [4.69, 9.17) is 0 Å². The molecule has 0 radical (unpaired) electrons. The Balaban J connectivity index is 2.07. The molecule has 1 saturated carbocycles. The lowest BCUT2D eigenvalue weighted by Gasteiger charge is -2.37. The van der Waals surface area contributed by atoms with Crippen LogP contribution in [-0.2, 0) is 9.59 Å². The topological polar surface area (TPSA) is 37.4 Å². The zero-order valence-corrected chi connectivity index (χ0v) is 9.37. The van der Waals surface area contributed by atoms with Crippen molar-refractivity contribution >= 4 is 11.7 Å². The maximum atomic E-state index is 11.7. The highest BCUT2D eigenvalue weighted by molar-refractivity contribution is 6.05. The maximum Gasteiger partial charge on any atom is 0.230 e. The van der Waals surface area contributed by atoms with E-state index < -0.39 is 0 Å². The fraction of sp³-hybridized carbons (Fsp3) is 0.833. The molecular weight excluding hydrogens is 190 g/mol. The van der Waals surface area contributed by atoms with Crippen LogP contribution in [0.15, 0.2) is 0 Å². The molecule has 84 valence electrons. The van der Waals surface area contributed by atoms with E-state index in [9.17, 15) is 9.59 Å². The second-order valence-corrected chi connectivity index (χ2v) is 4.76. The lowest BCUT2D eigenvalue weighted by Crippen LogP contribution is -2.43. The number of carbonyl (C=O) groups excluding carboxylic acids is 2. The normalized spacial score (nSPS) is 32.5. The van der Waals surface area contributed by atoms with Gasteiger partial charge in [0, 0.05) is 6.04 Å².